The van der Waals surface area contributed by atoms with Gasteiger partial charge in [0, 0.05) is 31.5 Å². The summed E-state index contributed by atoms with van der Waals surface area (Å²) in [7, 11) is -4.04. The zero-order chi connectivity index (χ0) is 21.9. The molecule has 2 atom stereocenters. The van der Waals surface area contributed by atoms with Crippen LogP contribution in [0.2, 0.25) is 0 Å². The van der Waals surface area contributed by atoms with Crippen LogP contribution in [-0.2, 0) is 19.6 Å². The largest absolute Gasteiger partial charge is 0.465 e. The molecule has 0 spiro atoms. The van der Waals surface area contributed by atoms with Crippen molar-refractivity contribution in [1.82, 2.24) is 19.8 Å². The lowest BCUT2D eigenvalue weighted by Crippen LogP contribution is -2.53. The van der Waals surface area contributed by atoms with Crippen LogP contribution in [0.15, 0.2) is 41.6 Å². The Balaban J connectivity index is 1.73. The number of carbonyl (C=O) groups is 3. The molecule has 0 saturated carbocycles. The van der Waals surface area contributed by atoms with Crippen LogP contribution in [-0.4, -0.2) is 65.8 Å². The predicted molar refractivity (Wildman–Crippen MR) is 107 cm³/mol. The maximum Gasteiger partial charge on any atom is 0.407 e. The van der Waals surface area contributed by atoms with Crippen LogP contribution in [0.1, 0.15) is 24.8 Å². The number of amides is 3. The first-order valence-corrected chi connectivity index (χ1v) is 11.0. The van der Waals surface area contributed by atoms with Crippen LogP contribution in [0.4, 0.5) is 4.79 Å². The molecule has 30 heavy (non-hydrogen) atoms. The van der Waals surface area contributed by atoms with E-state index in [2.05, 4.69) is 10.6 Å². The van der Waals surface area contributed by atoms with Crippen LogP contribution < -0.4 is 10.6 Å². The lowest BCUT2D eigenvalue weighted by Gasteiger charge is -2.33. The number of piperidine rings is 1. The fourth-order valence-corrected chi connectivity index (χ4v) is 4.95. The molecular weight excluding hydrogens is 412 g/mol. The van der Waals surface area contributed by atoms with E-state index < -0.39 is 34.0 Å². The molecule has 0 radical (unpaired) electrons. The van der Waals surface area contributed by atoms with Crippen molar-refractivity contribution in [3.05, 3.63) is 42.2 Å². The van der Waals surface area contributed by atoms with Crippen LogP contribution in [0.3, 0.4) is 0 Å². The third-order valence-corrected chi connectivity index (χ3v) is 6.89. The highest BCUT2D eigenvalue weighted by Crippen LogP contribution is 2.23. The van der Waals surface area contributed by atoms with Gasteiger partial charge in [0.15, 0.2) is 0 Å². The number of hydrogen-bond donors (Lipinski definition) is 3. The maximum atomic E-state index is 13.0. The van der Waals surface area contributed by atoms with E-state index in [1.54, 1.807) is 12.1 Å². The average molecular weight is 436 g/mol. The molecule has 3 amide bonds. The summed E-state index contributed by atoms with van der Waals surface area (Å²) in [5.41, 5.74) is 0.889. The van der Waals surface area contributed by atoms with Crippen molar-refractivity contribution in [3.63, 3.8) is 0 Å². The number of carbonyl (C=O) groups excluding carboxylic acids is 2. The van der Waals surface area contributed by atoms with Gasteiger partial charge in [-0.2, -0.15) is 0 Å². The summed E-state index contributed by atoms with van der Waals surface area (Å²) >= 11 is 0. The molecule has 0 aliphatic carbocycles. The molecule has 3 N–H and O–H groups in total. The molecule has 1 unspecified atom stereocenters. The van der Waals surface area contributed by atoms with Gasteiger partial charge in [0.25, 0.3) is 10.0 Å². The summed E-state index contributed by atoms with van der Waals surface area (Å²) in [6.07, 6.45) is 2.22. The molecule has 11 heteroatoms. The van der Waals surface area contributed by atoms with Gasteiger partial charge in [-0.25, -0.2) is 13.2 Å². The molecule has 1 fully saturated rings. The second kappa shape index (κ2) is 8.74. The minimum Gasteiger partial charge on any atom is -0.465 e. The first-order valence-electron chi connectivity index (χ1n) is 9.53. The average Bonchev–Trinajstić information content (AvgIpc) is 2.70. The highest BCUT2D eigenvalue weighted by molar-refractivity contribution is 7.89. The minimum absolute atomic E-state index is 0.0160. The fourth-order valence-electron chi connectivity index (χ4n) is 3.50. The standard InChI is InChI=1S/C19H24N4O6S/c1-13-4-6-15(7-5-13)30(28,29)23-10-8-20-18(25)16(23)11-17(24)21-14-3-2-9-22(12-14)19(26)27/h4-8,10,14,16H,2-3,9,11-12H2,1H3,(H,20,25)(H,21,24)(H,26,27)/t14?,16-/m1/s1. The number of nitrogens with zero attached hydrogens (tertiary/aromatic N) is 2. The summed E-state index contributed by atoms with van der Waals surface area (Å²) in [5, 5.41) is 14.3. The SMILES string of the molecule is Cc1ccc(S(=O)(=O)N2C=CNC(=O)[C@H]2CC(=O)NC2CCCN(C(=O)O)C2)cc1. The number of hydrogen-bond acceptors (Lipinski definition) is 5. The van der Waals surface area contributed by atoms with Gasteiger partial charge < -0.3 is 20.6 Å². The van der Waals surface area contributed by atoms with Crippen LogP contribution in [0.5, 0.6) is 0 Å². The quantitative estimate of drug-likeness (QED) is 0.619. The Hall–Kier alpha value is -3.08. The normalized spacial score (nSPS) is 21.8. The Morgan fingerprint density at radius 3 is 2.63 bits per heavy atom. The molecule has 162 valence electrons. The Labute approximate surface area is 174 Å². The number of aryl methyl sites for hydroxylation is 1. The number of rotatable bonds is 5. The topological polar surface area (TPSA) is 136 Å². The van der Waals surface area contributed by atoms with Crippen molar-refractivity contribution in [1.29, 1.82) is 0 Å². The molecule has 2 aliphatic rings. The van der Waals surface area contributed by atoms with Crippen molar-refractivity contribution < 1.29 is 27.9 Å². The van der Waals surface area contributed by atoms with Crippen molar-refractivity contribution in [2.75, 3.05) is 13.1 Å². The molecule has 0 bridgehead atoms. The van der Waals surface area contributed by atoms with Gasteiger partial charge in [0.2, 0.25) is 11.8 Å². The lowest BCUT2D eigenvalue weighted by atomic mass is 10.1. The molecule has 1 aromatic carbocycles. The monoisotopic (exact) mass is 436 g/mol. The number of nitrogens with one attached hydrogen (secondary N) is 2. The highest BCUT2D eigenvalue weighted by atomic mass is 32.2. The second-order valence-electron chi connectivity index (χ2n) is 7.33. The van der Waals surface area contributed by atoms with Crippen molar-refractivity contribution >= 4 is 27.9 Å². The van der Waals surface area contributed by atoms with Gasteiger partial charge in [-0.1, -0.05) is 17.7 Å². The zero-order valence-electron chi connectivity index (χ0n) is 16.4. The number of carboxylic acid groups (broad SMARTS) is 1. The van der Waals surface area contributed by atoms with Gasteiger partial charge in [0.05, 0.1) is 11.3 Å². The number of sulfonamides is 1. The van der Waals surface area contributed by atoms with E-state index in [0.717, 1.165) is 9.87 Å². The highest BCUT2D eigenvalue weighted by Gasteiger charge is 2.37. The van der Waals surface area contributed by atoms with Crippen molar-refractivity contribution in [3.8, 4) is 0 Å². The summed E-state index contributed by atoms with van der Waals surface area (Å²) in [6, 6.07) is 4.57. The van der Waals surface area contributed by atoms with E-state index in [1.807, 2.05) is 6.92 Å². The van der Waals surface area contributed by atoms with Crippen LogP contribution in [0.25, 0.3) is 0 Å². The first kappa shape index (κ1) is 21.6. The Bertz CT molecular complexity index is 960. The molecule has 1 saturated heterocycles. The number of benzene rings is 1. The van der Waals surface area contributed by atoms with Gasteiger partial charge in [-0.15, -0.1) is 0 Å². The van der Waals surface area contributed by atoms with E-state index in [0.29, 0.717) is 19.4 Å². The van der Waals surface area contributed by atoms with Crippen LogP contribution in [0, 0.1) is 6.92 Å². The summed E-state index contributed by atoms with van der Waals surface area (Å²) in [4.78, 5) is 37.3. The molecule has 0 aromatic heterocycles. The third kappa shape index (κ3) is 4.73. The number of likely N-dealkylation sites (tertiary alicyclic amines) is 1. The molecule has 3 rings (SSSR count). The molecular formula is C19H24N4O6S. The molecule has 10 nitrogen and oxygen atoms in total. The molecule has 1 aromatic rings. The van der Waals surface area contributed by atoms with Gasteiger partial charge in [-0.05, 0) is 31.9 Å². The van der Waals surface area contributed by atoms with Gasteiger partial charge in [0.1, 0.15) is 6.04 Å². The van der Waals surface area contributed by atoms with Crippen molar-refractivity contribution in [2.45, 2.75) is 43.2 Å². The summed E-state index contributed by atoms with van der Waals surface area (Å²) in [5.74, 6) is -1.13. The third-order valence-electron chi connectivity index (χ3n) is 5.09. The Morgan fingerprint density at radius 2 is 1.97 bits per heavy atom. The zero-order valence-corrected chi connectivity index (χ0v) is 17.3. The lowest BCUT2D eigenvalue weighted by molar-refractivity contribution is -0.130. The van der Waals surface area contributed by atoms with E-state index in [4.69, 9.17) is 5.11 Å². The minimum atomic E-state index is -4.04. The van der Waals surface area contributed by atoms with Gasteiger partial charge >= 0.3 is 6.09 Å². The Kier molecular flexibility index (Phi) is 6.30. The molecule has 2 aliphatic heterocycles. The molecule has 2 heterocycles. The van der Waals surface area contributed by atoms with Crippen LogP contribution >= 0.6 is 0 Å². The predicted octanol–water partition coefficient (Wildman–Crippen LogP) is 0.604. The summed E-state index contributed by atoms with van der Waals surface area (Å²) in [6.45, 7) is 2.39. The van der Waals surface area contributed by atoms with E-state index >= 15 is 0 Å². The van der Waals surface area contributed by atoms with E-state index in [-0.39, 0.29) is 23.9 Å². The maximum absolute atomic E-state index is 13.0. The first-order chi connectivity index (χ1) is 14.2. The summed E-state index contributed by atoms with van der Waals surface area (Å²) < 4.78 is 27.0. The smallest absolute Gasteiger partial charge is 0.407 e. The van der Waals surface area contributed by atoms with E-state index in [9.17, 15) is 22.8 Å². The fraction of sp³-hybridized carbons (Fsp3) is 0.421. The van der Waals surface area contributed by atoms with E-state index in [1.165, 1.54) is 29.4 Å². The second-order valence-corrected chi connectivity index (χ2v) is 9.17. The van der Waals surface area contributed by atoms with Crippen molar-refractivity contribution in [2.24, 2.45) is 0 Å². The Morgan fingerprint density at radius 1 is 1.27 bits per heavy atom. The van der Waals surface area contributed by atoms with Gasteiger partial charge in [-0.3, -0.25) is 13.9 Å².